The summed E-state index contributed by atoms with van der Waals surface area (Å²) in [6.45, 7) is 11.7. The summed E-state index contributed by atoms with van der Waals surface area (Å²) in [5.41, 5.74) is 6.80. The van der Waals surface area contributed by atoms with E-state index in [0.717, 1.165) is 23.3 Å². The van der Waals surface area contributed by atoms with Crippen molar-refractivity contribution in [3.63, 3.8) is 0 Å². The van der Waals surface area contributed by atoms with Crippen LogP contribution in [0, 0.1) is 0 Å². The number of nitrogens with two attached hydrogens (primary N) is 1. The number of hydrogen-bond donors (Lipinski definition) is 1. The monoisotopic (exact) mass is 339 g/mol. The van der Waals surface area contributed by atoms with E-state index < -0.39 is 0 Å². The summed E-state index contributed by atoms with van der Waals surface area (Å²) in [6, 6.07) is 0. The van der Waals surface area contributed by atoms with Gasteiger partial charge in [-0.3, -0.25) is 0 Å². The SMILES string of the molecule is C=C[SiH3].CCN(CC)C(=S)ON(C)C.CCOC(N)=S. The molecule has 0 heterocycles. The van der Waals surface area contributed by atoms with Gasteiger partial charge < -0.3 is 20.2 Å². The highest BCUT2D eigenvalue weighted by Crippen LogP contribution is 1.94. The van der Waals surface area contributed by atoms with E-state index in [9.17, 15) is 0 Å². The smallest absolute Gasteiger partial charge is 0.281 e. The van der Waals surface area contributed by atoms with Crippen LogP contribution in [-0.2, 0) is 9.57 Å². The molecule has 0 radical (unpaired) electrons. The number of hydroxylamine groups is 2. The molecule has 8 heteroatoms. The van der Waals surface area contributed by atoms with E-state index in [1.807, 2.05) is 31.6 Å². The van der Waals surface area contributed by atoms with Crippen molar-refractivity contribution >= 4 is 45.0 Å². The normalized spacial score (nSPS) is 8.50. The van der Waals surface area contributed by atoms with Gasteiger partial charge in [0.25, 0.3) is 10.3 Å². The van der Waals surface area contributed by atoms with Gasteiger partial charge in [0.2, 0.25) is 0 Å². The lowest BCUT2D eigenvalue weighted by Gasteiger charge is -2.23. The molecule has 120 valence electrons. The molecule has 0 rings (SSSR count). The summed E-state index contributed by atoms with van der Waals surface area (Å²) in [6.07, 6.45) is 0. The standard InChI is InChI=1S/C7H16N2OS.C3H7NOS.C2H6Si/c1-5-9(6-2)7(11)10-8(3)4;1-2-5-3(4)6;1-2-3/h5-6H2,1-4H3;2H2,1H3,(H2,4,6);2H,1H2,3H3. The zero-order chi connectivity index (χ0) is 16.6. The third-order valence-corrected chi connectivity index (χ3v) is 2.02. The number of thiocarbonyl (C=S) groups is 2. The quantitative estimate of drug-likeness (QED) is 0.463. The van der Waals surface area contributed by atoms with Crippen LogP contribution in [0.4, 0.5) is 0 Å². The third kappa shape index (κ3) is 22.5. The first-order valence-electron chi connectivity index (χ1n) is 6.43. The Labute approximate surface area is 137 Å². The maximum Gasteiger partial charge on any atom is 0.281 e. The molecule has 0 saturated heterocycles. The summed E-state index contributed by atoms with van der Waals surface area (Å²) in [5.74, 6) is 0. The van der Waals surface area contributed by atoms with Crippen molar-refractivity contribution < 1.29 is 9.57 Å². The summed E-state index contributed by atoms with van der Waals surface area (Å²) in [5, 5.41) is 2.26. The van der Waals surface area contributed by atoms with E-state index in [1.165, 1.54) is 0 Å². The maximum atomic E-state index is 5.18. The van der Waals surface area contributed by atoms with E-state index in [4.69, 9.17) is 22.8 Å². The van der Waals surface area contributed by atoms with Gasteiger partial charge in [-0.05, 0) is 45.2 Å². The zero-order valence-corrected chi connectivity index (χ0v) is 17.1. The van der Waals surface area contributed by atoms with Crippen LogP contribution in [0.5, 0.6) is 0 Å². The van der Waals surface area contributed by atoms with Crippen LogP contribution in [0.2, 0.25) is 0 Å². The predicted molar refractivity (Wildman–Crippen MR) is 98.8 cm³/mol. The van der Waals surface area contributed by atoms with Crippen LogP contribution >= 0.6 is 24.4 Å². The second kappa shape index (κ2) is 18.3. The second-order valence-electron chi connectivity index (χ2n) is 3.50. The number of nitrogens with zero attached hydrogens (tertiary/aromatic N) is 2. The minimum Gasteiger partial charge on any atom is -0.472 e. The Morgan fingerprint density at radius 3 is 1.80 bits per heavy atom. The van der Waals surface area contributed by atoms with Crippen LogP contribution < -0.4 is 5.73 Å². The largest absolute Gasteiger partial charge is 0.472 e. The Bertz CT molecular complexity index is 263. The molecule has 0 aromatic carbocycles. The van der Waals surface area contributed by atoms with Crippen LogP contribution in [-0.4, -0.2) is 64.3 Å². The molecule has 5 nitrogen and oxygen atoms in total. The van der Waals surface area contributed by atoms with Crippen LogP contribution in [0.15, 0.2) is 12.3 Å². The van der Waals surface area contributed by atoms with Gasteiger partial charge in [0.15, 0.2) is 0 Å². The molecule has 0 amide bonds. The van der Waals surface area contributed by atoms with Crippen molar-refractivity contribution in [3.8, 4) is 0 Å². The highest BCUT2D eigenvalue weighted by atomic mass is 32.1. The summed E-state index contributed by atoms with van der Waals surface area (Å²) >= 11 is 9.36. The fourth-order valence-electron chi connectivity index (χ4n) is 0.838. The maximum absolute atomic E-state index is 5.18. The molecule has 0 aliphatic heterocycles. The Morgan fingerprint density at radius 2 is 1.65 bits per heavy atom. The van der Waals surface area contributed by atoms with E-state index in [2.05, 4.69) is 37.4 Å². The lowest BCUT2D eigenvalue weighted by atomic mass is 10.6. The minimum atomic E-state index is 0.123. The molecule has 20 heavy (non-hydrogen) atoms. The van der Waals surface area contributed by atoms with Gasteiger partial charge in [0.1, 0.15) is 0 Å². The summed E-state index contributed by atoms with van der Waals surface area (Å²) < 4.78 is 4.55. The van der Waals surface area contributed by atoms with Gasteiger partial charge in [0, 0.05) is 37.4 Å². The van der Waals surface area contributed by atoms with Crippen molar-refractivity contribution in [1.29, 1.82) is 0 Å². The van der Waals surface area contributed by atoms with Gasteiger partial charge in [-0.2, -0.15) is 0 Å². The average molecular weight is 340 g/mol. The lowest BCUT2D eigenvalue weighted by Crippen LogP contribution is -2.34. The first-order valence-corrected chi connectivity index (χ1v) is 8.41. The van der Waals surface area contributed by atoms with Crippen molar-refractivity contribution in [2.75, 3.05) is 33.8 Å². The number of hydrogen-bond acceptors (Lipinski definition) is 5. The van der Waals surface area contributed by atoms with Crippen molar-refractivity contribution in [2.24, 2.45) is 5.73 Å². The molecule has 0 spiro atoms. The van der Waals surface area contributed by atoms with Gasteiger partial charge in [-0.15, -0.1) is 17.3 Å². The third-order valence-electron chi connectivity index (χ3n) is 1.57. The topological polar surface area (TPSA) is 51.0 Å². The molecule has 0 aromatic rings. The first kappa shape index (κ1) is 24.3. The fourth-order valence-corrected chi connectivity index (χ4v) is 1.36. The van der Waals surface area contributed by atoms with Gasteiger partial charge in [-0.1, -0.05) is 0 Å². The van der Waals surface area contributed by atoms with Crippen molar-refractivity contribution in [2.45, 2.75) is 20.8 Å². The second-order valence-corrected chi connectivity index (χ2v) is 5.07. The van der Waals surface area contributed by atoms with Crippen molar-refractivity contribution in [1.82, 2.24) is 9.96 Å². The van der Waals surface area contributed by atoms with Gasteiger partial charge in [0.05, 0.1) is 6.61 Å². The summed E-state index contributed by atoms with van der Waals surface area (Å²) in [7, 11) is 4.76. The fraction of sp³-hybridized carbons (Fsp3) is 0.667. The molecule has 0 unspecified atom stereocenters. The highest BCUT2D eigenvalue weighted by Gasteiger charge is 2.06. The Hall–Kier alpha value is -0.703. The van der Waals surface area contributed by atoms with E-state index in [1.54, 1.807) is 5.06 Å². The lowest BCUT2D eigenvalue weighted by molar-refractivity contribution is -0.0311. The predicted octanol–water partition coefficient (Wildman–Crippen LogP) is 0.868. The van der Waals surface area contributed by atoms with Crippen LogP contribution in [0.25, 0.3) is 0 Å². The van der Waals surface area contributed by atoms with E-state index in [0.29, 0.717) is 11.8 Å². The Kier molecular flexibility index (Phi) is 22.3. The molecule has 0 saturated carbocycles. The first-order chi connectivity index (χ1) is 9.30. The van der Waals surface area contributed by atoms with Crippen molar-refractivity contribution in [3.05, 3.63) is 12.3 Å². The summed E-state index contributed by atoms with van der Waals surface area (Å²) in [4.78, 5) is 7.17. The van der Waals surface area contributed by atoms with E-state index >= 15 is 0 Å². The van der Waals surface area contributed by atoms with Crippen LogP contribution in [0.1, 0.15) is 20.8 Å². The molecule has 0 aromatic heterocycles. The molecule has 0 atom stereocenters. The molecule has 2 N–H and O–H groups in total. The molecule has 0 bridgehead atoms. The Morgan fingerprint density at radius 1 is 1.25 bits per heavy atom. The molecule has 0 aliphatic rings. The number of rotatable bonds is 4. The minimum absolute atomic E-state index is 0.123. The van der Waals surface area contributed by atoms with Gasteiger partial charge in [-0.25, -0.2) is 0 Å². The highest BCUT2D eigenvalue weighted by molar-refractivity contribution is 7.80. The average Bonchev–Trinajstić information content (AvgIpc) is 2.31. The molecular weight excluding hydrogens is 310 g/mol. The molecule has 0 aliphatic carbocycles. The Balaban J connectivity index is -0.000000270. The zero-order valence-electron chi connectivity index (χ0n) is 13.5. The van der Waals surface area contributed by atoms with E-state index in [-0.39, 0.29) is 5.17 Å². The van der Waals surface area contributed by atoms with Gasteiger partial charge >= 0.3 is 0 Å². The van der Waals surface area contributed by atoms with Crippen LogP contribution in [0.3, 0.4) is 0 Å². The molecular formula is C12H29N3O2S2Si. The molecule has 0 fully saturated rings. The number of ether oxygens (including phenoxy) is 1.